The summed E-state index contributed by atoms with van der Waals surface area (Å²) in [5.74, 6) is 0.135. The first-order valence-corrected chi connectivity index (χ1v) is 5.02. The maximum atomic E-state index is 10.8. The summed E-state index contributed by atoms with van der Waals surface area (Å²) in [5, 5.41) is 0.0980. The van der Waals surface area contributed by atoms with Crippen LogP contribution in [0.25, 0.3) is 11.4 Å². The molecule has 17 heavy (non-hydrogen) atoms. The van der Waals surface area contributed by atoms with Crippen molar-refractivity contribution in [1.82, 2.24) is 19.9 Å². The van der Waals surface area contributed by atoms with Crippen LogP contribution in [0, 0.1) is 0 Å². The highest BCUT2D eigenvalue weighted by Gasteiger charge is 2.06. The number of nitrogens with zero attached hydrogens (tertiary/aromatic N) is 4. The molecule has 0 aromatic carbocycles. The molecule has 0 aliphatic rings. The average molecular weight is 251 g/mol. The Hall–Kier alpha value is -2.08. The summed E-state index contributed by atoms with van der Waals surface area (Å²) in [7, 11) is 0. The fraction of sp³-hybridized carbons (Fsp3) is 0.100. The molecule has 0 aliphatic heterocycles. The summed E-state index contributed by atoms with van der Waals surface area (Å²) in [6.07, 6.45) is 2.79. The highest BCUT2D eigenvalue weighted by molar-refractivity contribution is 6.28. The number of hydrogen-bond donors (Lipinski definition) is 0. The SMILES string of the molecule is CC(=O)Oc1cc(-c2ncnc(Cl)n2)ccn1. The van der Waals surface area contributed by atoms with Crippen LogP contribution in [0.4, 0.5) is 0 Å². The molecule has 0 saturated heterocycles. The minimum atomic E-state index is -0.441. The van der Waals surface area contributed by atoms with E-state index in [-0.39, 0.29) is 11.2 Å². The Morgan fingerprint density at radius 1 is 1.35 bits per heavy atom. The number of ether oxygens (including phenoxy) is 1. The van der Waals surface area contributed by atoms with E-state index in [4.69, 9.17) is 16.3 Å². The van der Waals surface area contributed by atoms with Gasteiger partial charge >= 0.3 is 5.97 Å². The lowest BCUT2D eigenvalue weighted by molar-refractivity contribution is -0.132. The zero-order chi connectivity index (χ0) is 12.3. The number of rotatable bonds is 2. The lowest BCUT2D eigenvalue weighted by atomic mass is 10.2. The first-order chi connectivity index (χ1) is 8.15. The number of aromatic nitrogens is 4. The van der Waals surface area contributed by atoms with Crippen LogP contribution < -0.4 is 4.74 Å². The van der Waals surface area contributed by atoms with Crippen molar-refractivity contribution in [3.63, 3.8) is 0 Å². The average Bonchev–Trinajstić information content (AvgIpc) is 2.28. The van der Waals surface area contributed by atoms with Gasteiger partial charge < -0.3 is 4.74 Å². The molecule has 2 aromatic rings. The summed E-state index contributed by atoms with van der Waals surface area (Å²) in [4.78, 5) is 26.2. The summed E-state index contributed by atoms with van der Waals surface area (Å²) >= 11 is 5.66. The lowest BCUT2D eigenvalue weighted by Gasteiger charge is -2.02. The van der Waals surface area contributed by atoms with Crippen molar-refractivity contribution in [2.75, 3.05) is 0 Å². The largest absolute Gasteiger partial charge is 0.408 e. The van der Waals surface area contributed by atoms with E-state index in [1.165, 1.54) is 19.4 Å². The quantitative estimate of drug-likeness (QED) is 0.752. The molecule has 6 nitrogen and oxygen atoms in total. The van der Waals surface area contributed by atoms with Gasteiger partial charge in [-0.25, -0.2) is 15.0 Å². The van der Waals surface area contributed by atoms with Gasteiger partial charge in [0.15, 0.2) is 5.82 Å². The molecule has 0 spiro atoms. The Morgan fingerprint density at radius 3 is 2.88 bits per heavy atom. The minimum Gasteiger partial charge on any atom is -0.408 e. The van der Waals surface area contributed by atoms with Crippen LogP contribution in [0.15, 0.2) is 24.7 Å². The second-order valence-corrected chi connectivity index (χ2v) is 3.39. The van der Waals surface area contributed by atoms with E-state index >= 15 is 0 Å². The van der Waals surface area contributed by atoms with Gasteiger partial charge in [0, 0.05) is 24.8 Å². The fourth-order valence-corrected chi connectivity index (χ4v) is 1.29. The Kier molecular flexibility index (Phi) is 3.24. The molecule has 0 aliphatic carbocycles. The molecule has 0 saturated carbocycles. The van der Waals surface area contributed by atoms with Gasteiger partial charge in [-0.3, -0.25) is 4.79 Å². The molecule has 2 rings (SSSR count). The van der Waals surface area contributed by atoms with Crippen molar-refractivity contribution in [1.29, 1.82) is 0 Å². The molecular weight excluding hydrogens is 244 g/mol. The predicted octanol–water partition coefficient (Wildman–Crippen LogP) is 1.51. The van der Waals surface area contributed by atoms with E-state index in [9.17, 15) is 4.79 Å². The number of pyridine rings is 1. The van der Waals surface area contributed by atoms with Crippen molar-refractivity contribution < 1.29 is 9.53 Å². The third-order valence-corrected chi connectivity index (χ3v) is 1.97. The van der Waals surface area contributed by atoms with E-state index in [0.717, 1.165) is 0 Å². The predicted molar refractivity (Wildman–Crippen MR) is 59.4 cm³/mol. The number of carbonyl (C=O) groups excluding carboxylic acids is 1. The summed E-state index contributed by atoms with van der Waals surface area (Å²) in [6, 6.07) is 3.23. The van der Waals surface area contributed by atoms with Crippen LogP contribution >= 0.6 is 11.6 Å². The van der Waals surface area contributed by atoms with Crippen LogP contribution in [0.3, 0.4) is 0 Å². The van der Waals surface area contributed by atoms with Gasteiger partial charge in [-0.15, -0.1) is 0 Å². The molecule has 0 amide bonds. The number of esters is 1. The van der Waals surface area contributed by atoms with Crippen LogP contribution in [-0.4, -0.2) is 25.9 Å². The fourth-order valence-electron chi connectivity index (χ4n) is 1.17. The zero-order valence-electron chi connectivity index (χ0n) is 8.79. The highest BCUT2D eigenvalue weighted by Crippen LogP contribution is 2.18. The third-order valence-electron chi connectivity index (χ3n) is 1.78. The van der Waals surface area contributed by atoms with Gasteiger partial charge in [-0.2, -0.15) is 4.98 Å². The van der Waals surface area contributed by atoms with Gasteiger partial charge in [-0.1, -0.05) is 0 Å². The molecule has 0 atom stereocenters. The molecule has 2 heterocycles. The molecule has 86 valence electrons. The summed E-state index contributed by atoms with van der Waals surface area (Å²) < 4.78 is 4.85. The normalized spacial score (nSPS) is 10.0. The Morgan fingerprint density at radius 2 is 2.18 bits per heavy atom. The summed E-state index contributed by atoms with van der Waals surface area (Å²) in [5.41, 5.74) is 0.639. The van der Waals surface area contributed by atoms with Gasteiger partial charge in [0.25, 0.3) is 0 Å². The second kappa shape index (κ2) is 4.84. The standard InChI is InChI=1S/C10H7ClN4O2/c1-6(16)17-8-4-7(2-3-12-8)9-13-5-14-10(11)15-9/h2-5H,1H3. The Bertz CT molecular complexity index is 562. The molecule has 7 heteroatoms. The maximum Gasteiger partial charge on any atom is 0.309 e. The first kappa shape index (κ1) is 11.4. The topological polar surface area (TPSA) is 77.9 Å². The monoisotopic (exact) mass is 250 g/mol. The summed E-state index contributed by atoms with van der Waals surface area (Å²) in [6.45, 7) is 1.30. The molecule has 0 unspecified atom stereocenters. The van der Waals surface area contributed by atoms with Gasteiger partial charge in [0.05, 0.1) is 0 Å². The van der Waals surface area contributed by atoms with Crippen LogP contribution in [-0.2, 0) is 4.79 Å². The van der Waals surface area contributed by atoms with Gasteiger partial charge in [-0.05, 0) is 17.7 Å². The van der Waals surface area contributed by atoms with Crippen molar-refractivity contribution in [3.05, 3.63) is 29.9 Å². The van der Waals surface area contributed by atoms with Gasteiger partial charge in [0.1, 0.15) is 6.33 Å². The smallest absolute Gasteiger partial charge is 0.309 e. The lowest BCUT2D eigenvalue weighted by Crippen LogP contribution is -2.03. The minimum absolute atomic E-state index is 0.0980. The highest BCUT2D eigenvalue weighted by atomic mass is 35.5. The van der Waals surface area contributed by atoms with Crippen molar-refractivity contribution >= 4 is 17.6 Å². The van der Waals surface area contributed by atoms with E-state index in [1.54, 1.807) is 12.1 Å². The molecule has 2 aromatic heterocycles. The molecular formula is C10H7ClN4O2. The molecule has 0 fully saturated rings. The third kappa shape index (κ3) is 2.94. The number of carbonyl (C=O) groups is 1. The van der Waals surface area contributed by atoms with Crippen molar-refractivity contribution in [2.45, 2.75) is 6.92 Å². The van der Waals surface area contributed by atoms with Crippen molar-refractivity contribution in [3.8, 4) is 17.3 Å². The first-order valence-electron chi connectivity index (χ1n) is 4.64. The molecule has 0 N–H and O–H groups in total. The van der Waals surface area contributed by atoms with Gasteiger partial charge in [0.2, 0.25) is 11.2 Å². The van der Waals surface area contributed by atoms with E-state index in [1.807, 2.05) is 0 Å². The Balaban J connectivity index is 2.36. The number of halogens is 1. The van der Waals surface area contributed by atoms with Crippen molar-refractivity contribution in [2.24, 2.45) is 0 Å². The Labute approximate surface area is 102 Å². The molecule has 0 radical (unpaired) electrons. The second-order valence-electron chi connectivity index (χ2n) is 3.05. The van der Waals surface area contributed by atoms with Crippen LogP contribution in [0.1, 0.15) is 6.92 Å². The number of hydrogen-bond acceptors (Lipinski definition) is 6. The molecule has 0 bridgehead atoms. The maximum absolute atomic E-state index is 10.8. The van der Waals surface area contributed by atoms with E-state index < -0.39 is 5.97 Å². The van der Waals surface area contributed by atoms with Crippen LogP contribution in [0.2, 0.25) is 5.28 Å². The zero-order valence-corrected chi connectivity index (χ0v) is 9.55. The van der Waals surface area contributed by atoms with E-state index in [0.29, 0.717) is 11.4 Å². The van der Waals surface area contributed by atoms with Crippen LogP contribution in [0.5, 0.6) is 5.88 Å². The van der Waals surface area contributed by atoms with E-state index in [2.05, 4.69) is 19.9 Å².